The maximum absolute atomic E-state index is 11.5. The number of nitrogens with zero attached hydrogens (tertiary/aromatic N) is 1. The van der Waals surface area contributed by atoms with E-state index in [1.807, 2.05) is 29.6 Å². The number of rotatable bonds is 9. The molecule has 0 radical (unpaired) electrons. The monoisotopic (exact) mass is 345 g/mol. The molecule has 0 bridgehead atoms. The number of carbonyl (C=O) groups is 1. The number of hydrogen-bond acceptors (Lipinski definition) is 5. The first kappa shape index (κ1) is 16.9. The van der Waals surface area contributed by atoms with E-state index in [9.17, 15) is 4.79 Å². The summed E-state index contributed by atoms with van der Waals surface area (Å²) >= 11 is 1.61. The van der Waals surface area contributed by atoms with Crippen molar-refractivity contribution < 1.29 is 9.53 Å². The van der Waals surface area contributed by atoms with Crippen LogP contribution in [0.3, 0.4) is 0 Å². The normalized spacial score (nSPS) is 13.7. The van der Waals surface area contributed by atoms with Crippen molar-refractivity contribution in [1.82, 2.24) is 15.6 Å². The highest BCUT2D eigenvalue weighted by atomic mass is 32.1. The molecule has 1 aromatic heterocycles. The molecular weight excluding hydrogens is 322 g/mol. The number of ether oxygens (including phenoxy) is 1. The van der Waals surface area contributed by atoms with E-state index in [0.717, 1.165) is 35.8 Å². The summed E-state index contributed by atoms with van der Waals surface area (Å²) in [4.78, 5) is 16.0. The van der Waals surface area contributed by atoms with Gasteiger partial charge in [0, 0.05) is 30.9 Å². The average molecular weight is 345 g/mol. The molecule has 2 N–H and O–H groups in total. The second-order valence-electron chi connectivity index (χ2n) is 6.08. The van der Waals surface area contributed by atoms with Crippen molar-refractivity contribution >= 4 is 17.2 Å². The van der Waals surface area contributed by atoms with Crippen molar-refractivity contribution in [1.29, 1.82) is 0 Å². The van der Waals surface area contributed by atoms with E-state index in [4.69, 9.17) is 4.74 Å². The van der Waals surface area contributed by atoms with Crippen LogP contribution in [0, 0.1) is 12.8 Å². The molecule has 1 saturated carbocycles. The van der Waals surface area contributed by atoms with Crippen molar-refractivity contribution in [2.45, 2.75) is 32.9 Å². The molecule has 1 aromatic carbocycles. The summed E-state index contributed by atoms with van der Waals surface area (Å²) in [7, 11) is 0. The van der Waals surface area contributed by atoms with Crippen LogP contribution < -0.4 is 15.4 Å². The van der Waals surface area contributed by atoms with Crippen LogP contribution in [0.4, 0.5) is 0 Å². The highest BCUT2D eigenvalue weighted by Crippen LogP contribution is 2.28. The van der Waals surface area contributed by atoms with Gasteiger partial charge in [0.2, 0.25) is 5.91 Å². The zero-order valence-corrected chi connectivity index (χ0v) is 14.7. The molecule has 2 aromatic rings. The van der Waals surface area contributed by atoms with Gasteiger partial charge in [0.1, 0.15) is 17.4 Å². The van der Waals surface area contributed by atoms with Crippen LogP contribution >= 0.6 is 11.3 Å². The Kier molecular flexibility index (Phi) is 5.82. The summed E-state index contributed by atoms with van der Waals surface area (Å²) in [5, 5.41) is 9.25. The van der Waals surface area contributed by atoms with E-state index < -0.39 is 0 Å². The smallest absolute Gasteiger partial charge is 0.223 e. The Morgan fingerprint density at radius 1 is 1.29 bits per heavy atom. The molecule has 0 atom stereocenters. The maximum atomic E-state index is 11.5. The first-order valence-electron chi connectivity index (χ1n) is 8.32. The topological polar surface area (TPSA) is 63.2 Å². The Bertz CT molecular complexity index is 665. The number of aromatic nitrogens is 1. The average Bonchev–Trinajstić information content (AvgIpc) is 3.34. The van der Waals surface area contributed by atoms with E-state index in [1.165, 1.54) is 5.56 Å². The van der Waals surface area contributed by atoms with E-state index in [0.29, 0.717) is 19.7 Å². The first-order chi connectivity index (χ1) is 11.7. The third kappa shape index (κ3) is 5.32. The SMILES string of the molecule is Cc1ccc(OCc2nc(CNCCNC(=O)C3CC3)cs2)cc1. The predicted molar refractivity (Wildman–Crippen MR) is 95.1 cm³/mol. The van der Waals surface area contributed by atoms with Crippen LogP contribution in [0.5, 0.6) is 5.75 Å². The third-order valence-electron chi connectivity index (χ3n) is 3.84. The number of carbonyl (C=O) groups excluding carboxylic acids is 1. The second kappa shape index (κ2) is 8.26. The molecule has 1 aliphatic carbocycles. The van der Waals surface area contributed by atoms with Gasteiger partial charge in [0.05, 0.1) is 5.69 Å². The van der Waals surface area contributed by atoms with Crippen LogP contribution in [0.15, 0.2) is 29.6 Å². The summed E-state index contributed by atoms with van der Waals surface area (Å²) in [5.41, 5.74) is 2.23. The lowest BCUT2D eigenvalue weighted by Crippen LogP contribution is -2.32. The molecule has 128 valence electrons. The Balaban J connectivity index is 1.32. The number of thiazole rings is 1. The van der Waals surface area contributed by atoms with Crippen molar-refractivity contribution in [3.8, 4) is 5.75 Å². The number of amides is 1. The van der Waals surface area contributed by atoms with Crippen LogP contribution in [-0.2, 0) is 17.9 Å². The van der Waals surface area contributed by atoms with E-state index >= 15 is 0 Å². The van der Waals surface area contributed by atoms with Gasteiger partial charge >= 0.3 is 0 Å². The molecule has 0 aliphatic heterocycles. The Labute approximate surface area is 146 Å². The van der Waals surface area contributed by atoms with Gasteiger partial charge in [-0.1, -0.05) is 17.7 Å². The van der Waals surface area contributed by atoms with Gasteiger partial charge in [-0.15, -0.1) is 11.3 Å². The van der Waals surface area contributed by atoms with Crippen LogP contribution in [0.25, 0.3) is 0 Å². The standard InChI is InChI=1S/C18H23N3O2S/c1-13-2-6-16(7-3-13)23-11-17-21-15(12-24-17)10-19-8-9-20-18(22)14-4-5-14/h2-3,6-7,12,14,19H,4-5,8-11H2,1H3,(H,20,22). The van der Waals surface area contributed by atoms with Gasteiger partial charge in [-0.05, 0) is 31.9 Å². The van der Waals surface area contributed by atoms with Crippen molar-refractivity contribution in [2.75, 3.05) is 13.1 Å². The largest absolute Gasteiger partial charge is 0.486 e. The highest BCUT2D eigenvalue weighted by Gasteiger charge is 2.28. The highest BCUT2D eigenvalue weighted by molar-refractivity contribution is 7.09. The van der Waals surface area contributed by atoms with Crippen molar-refractivity contribution in [2.24, 2.45) is 5.92 Å². The molecule has 1 aliphatic rings. The molecule has 1 amide bonds. The van der Waals surface area contributed by atoms with Crippen LogP contribution in [0.1, 0.15) is 29.1 Å². The summed E-state index contributed by atoms with van der Waals surface area (Å²) < 4.78 is 5.74. The molecule has 0 unspecified atom stereocenters. The molecule has 5 nitrogen and oxygen atoms in total. The minimum atomic E-state index is 0.195. The van der Waals surface area contributed by atoms with Crippen LogP contribution in [0.2, 0.25) is 0 Å². The van der Waals surface area contributed by atoms with E-state index in [-0.39, 0.29) is 11.8 Å². The van der Waals surface area contributed by atoms with Crippen molar-refractivity contribution in [3.63, 3.8) is 0 Å². The maximum Gasteiger partial charge on any atom is 0.223 e. The van der Waals surface area contributed by atoms with E-state index in [1.54, 1.807) is 11.3 Å². The fourth-order valence-electron chi connectivity index (χ4n) is 2.26. The number of benzene rings is 1. The molecule has 1 fully saturated rings. The third-order valence-corrected chi connectivity index (χ3v) is 4.71. The lowest BCUT2D eigenvalue weighted by Gasteiger charge is -2.05. The quantitative estimate of drug-likeness (QED) is 0.686. The second-order valence-corrected chi connectivity index (χ2v) is 7.02. The van der Waals surface area contributed by atoms with E-state index in [2.05, 4.69) is 22.5 Å². The molecule has 0 saturated heterocycles. The van der Waals surface area contributed by atoms with Gasteiger partial charge in [-0.2, -0.15) is 0 Å². The minimum absolute atomic E-state index is 0.195. The van der Waals surface area contributed by atoms with Crippen LogP contribution in [-0.4, -0.2) is 24.0 Å². The zero-order chi connectivity index (χ0) is 16.8. The molecule has 6 heteroatoms. The molecule has 24 heavy (non-hydrogen) atoms. The van der Waals surface area contributed by atoms with Gasteiger partial charge in [-0.25, -0.2) is 4.98 Å². The van der Waals surface area contributed by atoms with Gasteiger partial charge < -0.3 is 15.4 Å². The Morgan fingerprint density at radius 3 is 2.83 bits per heavy atom. The summed E-state index contributed by atoms with van der Waals surface area (Å²) in [6.07, 6.45) is 2.09. The number of hydrogen-bond donors (Lipinski definition) is 2. The number of nitrogens with one attached hydrogen (secondary N) is 2. The lowest BCUT2D eigenvalue weighted by molar-refractivity contribution is -0.122. The summed E-state index contributed by atoms with van der Waals surface area (Å²) in [6, 6.07) is 8.02. The predicted octanol–water partition coefficient (Wildman–Crippen LogP) is 2.65. The number of aryl methyl sites for hydroxylation is 1. The van der Waals surface area contributed by atoms with Gasteiger partial charge in [0.15, 0.2) is 0 Å². The Morgan fingerprint density at radius 2 is 2.08 bits per heavy atom. The summed E-state index contributed by atoms with van der Waals surface area (Å²) in [6.45, 7) is 4.68. The lowest BCUT2D eigenvalue weighted by atomic mass is 10.2. The first-order valence-corrected chi connectivity index (χ1v) is 9.20. The van der Waals surface area contributed by atoms with Gasteiger partial charge in [-0.3, -0.25) is 4.79 Å². The fourth-order valence-corrected chi connectivity index (χ4v) is 2.96. The zero-order valence-electron chi connectivity index (χ0n) is 13.9. The van der Waals surface area contributed by atoms with Crippen molar-refractivity contribution in [3.05, 3.63) is 45.9 Å². The molecule has 1 heterocycles. The molecule has 3 rings (SSSR count). The molecular formula is C18H23N3O2S. The minimum Gasteiger partial charge on any atom is -0.486 e. The molecule has 0 spiro atoms. The Hall–Kier alpha value is -1.92. The summed E-state index contributed by atoms with van der Waals surface area (Å²) in [5.74, 6) is 1.34. The van der Waals surface area contributed by atoms with Gasteiger partial charge in [0.25, 0.3) is 0 Å². The fraction of sp³-hybridized carbons (Fsp3) is 0.444.